The molecule has 0 bridgehead atoms. The second kappa shape index (κ2) is 4.93. The van der Waals surface area contributed by atoms with Crippen LogP contribution in [0.5, 0.6) is 5.75 Å². The SMILES string of the molecule is C[Si](C)(C)C#Cc1cncc(OC2CCC2)c1. The van der Waals surface area contributed by atoms with Gasteiger partial charge in [-0.05, 0) is 25.3 Å². The van der Waals surface area contributed by atoms with Gasteiger partial charge in [-0.2, -0.15) is 0 Å². The third kappa shape index (κ3) is 3.90. The van der Waals surface area contributed by atoms with Crippen molar-refractivity contribution in [3.63, 3.8) is 0 Å². The summed E-state index contributed by atoms with van der Waals surface area (Å²) < 4.78 is 5.80. The van der Waals surface area contributed by atoms with Crippen molar-refractivity contribution in [3.8, 4) is 17.2 Å². The summed E-state index contributed by atoms with van der Waals surface area (Å²) in [5, 5.41) is 0. The highest BCUT2D eigenvalue weighted by molar-refractivity contribution is 6.83. The van der Waals surface area contributed by atoms with Crippen molar-refractivity contribution in [1.29, 1.82) is 0 Å². The molecule has 1 heterocycles. The van der Waals surface area contributed by atoms with Gasteiger partial charge < -0.3 is 4.74 Å². The predicted octanol–water partition coefficient (Wildman–Crippen LogP) is 3.24. The number of ether oxygens (including phenoxy) is 1. The largest absolute Gasteiger partial charge is 0.489 e. The van der Waals surface area contributed by atoms with E-state index in [1.165, 1.54) is 19.3 Å². The van der Waals surface area contributed by atoms with E-state index in [1.54, 1.807) is 12.4 Å². The van der Waals surface area contributed by atoms with Gasteiger partial charge >= 0.3 is 0 Å². The molecule has 1 aromatic heterocycles. The van der Waals surface area contributed by atoms with E-state index in [-0.39, 0.29) is 0 Å². The van der Waals surface area contributed by atoms with Gasteiger partial charge in [-0.1, -0.05) is 25.6 Å². The predicted molar refractivity (Wildman–Crippen MR) is 72.7 cm³/mol. The Morgan fingerprint density at radius 2 is 2.06 bits per heavy atom. The molecular formula is C14H19NOSi. The Bertz CT molecular complexity index is 449. The van der Waals surface area contributed by atoms with Crippen LogP contribution in [0.25, 0.3) is 0 Å². The summed E-state index contributed by atoms with van der Waals surface area (Å²) in [7, 11) is -1.31. The molecule has 0 N–H and O–H groups in total. The molecule has 2 nitrogen and oxygen atoms in total. The Labute approximate surface area is 104 Å². The van der Waals surface area contributed by atoms with Gasteiger partial charge in [-0.3, -0.25) is 4.98 Å². The van der Waals surface area contributed by atoms with E-state index >= 15 is 0 Å². The maximum absolute atomic E-state index is 5.80. The van der Waals surface area contributed by atoms with Crippen LogP contribution in [-0.4, -0.2) is 19.2 Å². The van der Waals surface area contributed by atoms with Crippen molar-refractivity contribution in [2.75, 3.05) is 0 Å². The molecule has 0 amide bonds. The lowest BCUT2D eigenvalue weighted by Gasteiger charge is -2.26. The molecule has 3 heteroatoms. The molecule has 1 saturated carbocycles. The summed E-state index contributed by atoms with van der Waals surface area (Å²) in [5.41, 5.74) is 4.30. The standard InChI is InChI=1S/C14H19NOSi/c1-17(2,3)8-7-12-9-14(11-15-10-12)16-13-5-4-6-13/h9-11,13H,4-6H2,1-3H3. The molecule has 0 spiro atoms. The van der Waals surface area contributed by atoms with Crippen molar-refractivity contribution in [3.05, 3.63) is 24.0 Å². The van der Waals surface area contributed by atoms with Gasteiger partial charge in [0.2, 0.25) is 0 Å². The summed E-state index contributed by atoms with van der Waals surface area (Å²) in [4.78, 5) is 4.18. The fourth-order valence-corrected chi connectivity index (χ4v) is 2.01. The molecule has 0 aliphatic heterocycles. The second-order valence-corrected chi connectivity index (χ2v) is 10.3. The lowest BCUT2D eigenvalue weighted by atomic mass is 9.96. The first kappa shape index (κ1) is 12.2. The number of pyridine rings is 1. The van der Waals surface area contributed by atoms with Crippen LogP contribution in [0.3, 0.4) is 0 Å². The third-order valence-electron chi connectivity index (χ3n) is 2.65. The van der Waals surface area contributed by atoms with Crippen molar-refractivity contribution in [1.82, 2.24) is 4.98 Å². The lowest BCUT2D eigenvalue weighted by Crippen LogP contribution is -2.24. The molecule has 0 radical (unpaired) electrons. The Hall–Kier alpha value is -1.27. The van der Waals surface area contributed by atoms with E-state index in [4.69, 9.17) is 4.74 Å². The fourth-order valence-electron chi connectivity index (χ4n) is 1.49. The van der Waals surface area contributed by atoms with Gasteiger partial charge in [-0.25, -0.2) is 0 Å². The van der Waals surface area contributed by atoms with E-state index in [1.807, 2.05) is 6.07 Å². The van der Waals surface area contributed by atoms with E-state index in [9.17, 15) is 0 Å². The Morgan fingerprint density at radius 1 is 1.29 bits per heavy atom. The molecule has 1 aliphatic carbocycles. The molecule has 0 unspecified atom stereocenters. The second-order valence-electron chi connectivity index (χ2n) is 5.58. The summed E-state index contributed by atoms with van der Waals surface area (Å²) in [6.07, 6.45) is 7.61. The highest BCUT2D eigenvalue weighted by Crippen LogP contribution is 2.24. The zero-order valence-electron chi connectivity index (χ0n) is 10.8. The summed E-state index contributed by atoms with van der Waals surface area (Å²) in [6.45, 7) is 6.71. The smallest absolute Gasteiger partial charge is 0.139 e. The van der Waals surface area contributed by atoms with Crippen LogP contribution in [-0.2, 0) is 0 Å². The average molecular weight is 245 g/mol. The highest BCUT2D eigenvalue weighted by atomic mass is 28.3. The zero-order chi connectivity index (χ0) is 12.3. The van der Waals surface area contributed by atoms with Gasteiger partial charge in [0.15, 0.2) is 0 Å². The Balaban J connectivity index is 2.07. The minimum absolute atomic E-state index is 0.400. The number of aromatic nitrogens is 1. The van der Waals surface area contributed by atoms with Gasteiger partial charge in [0, 0.05) is 11.8 Å². The number of hydrogen-bond donors (Lipinski definition) is 0. The van der Waals surface area contributed by atoms with Crippen LogP contribution in [0.15, 0.2) is 18.5 Å². The Kier molecular flexibility index (Phi) is 3.53. The summed E-state index contributed by atoms with van der Waals surface area (Å²) >= 11 is 0. The van der Waals surface area contributed by atoms with Crippen LogP contribution in [0.1, 0.15) is 24.8 Å². The molecule has 17 heavy (non-hydrogen) atoms. The molecule has 1 fully saturated rings. The van der Waals surface area contributed by atoms with Crippen LogP contribution in [0.2, 0.25) is 19.6 Å². The van der Waals surface area contributed by atoms with Crippen LogP contribution < -0.4 is 4.74 Å². The number of hydrogen-bond acceptors (Lipinski definition) is 2. The Morgan fingerprint density at radius 3 is 2.65 bits per heavy atom. The first-order valence-corrected chi connectivity index (χ1v) is 9.68. The zero-order valence-corrected chi connectivity index (χ0v) is 11.8. The van der Waals surface area contributed by atoms with Gasteiger partial charge in [0.1, 0.15) is 13.8 Å². The third-order valence-corrected chi connectivity index (χ3v) is 3.52. The van der Waals surface area contributed by atoms with Crippen molar-refractivity contribution >= 4 is 8.07 Å². The van der Waals surface area contributed by atoms with Gasteiger partial charge in [0.25, 0.3) is 0 Å². The highest BCUT2D eigenvalue weighted by Gasteiger charge is 2.19. The van der Waals surface area contributed by atoms with Crippen molar-refractivity contribution in [2.24, 2.45) is 0 Å². The van der Waals surface area contributed by atoms with Crippen LogP contribution in [0, 0.1) is 11.5 Å². The first-order chi connectivity index (χ1) is 8.03. The maximum atomic E-state index is 5.80. The lowest BCUT2D eigenvalue weighted by molar-refractivity contribution is 0.120. The number of rotatable bonds is 2. The van der Waals surface area contributed by atoms with Crippen LogP contribution >= 0.6 is 0 Å². The molecular weight excluding hydrogens is 226 g/mol. The van der Waals surface area contributed by atoms with E-state index in [0.717, 1.165) is 11.3 Å². The topological polar surface area (TPSA) is 22.1 Å². The van der Waals surface area contributed by atoms with Crippen molar-refractivity contribution < 1.29 is 4.74 Å². The maximum Gasteiger partial charge on any atom is 0.139 e. The quantitative estimate of drug-likeness (QED) is 0.589. The van der Waals surface area contributed by atoms with Crippen LogP contribution in [0.4, 0.5) is 0 Å². The fraction of sp³-hybridized carbons (Fsp3) is 0.500. The number of nitrogens with zero attached hydrogens (tertiary/aromatic N) is 1. The van der Waals surface area contributed by atoms with E-state index in [0.29, 0.717) is 6.10 Å². The molecule has 0 saturated heterocycles. The molecule has 1 aromatic rings. The monoisotopic (exact) mass is 245 g/mol. The van der Waals surface area contributed by atoms with Crippen molar-refractivity contribution in [2.45, 2.75) is 45.0 Å². The summed E-state index contributed by atoms with van der Waals surface area (Å²) in [6, 6.07) is 2.00. The molecule has 0 aromatic carbocycles. The molecule has 1 aliphatic rings. The first-order valence-electron chi connectivity index (χ1n) is 6.18. The molecule has 0 atom stereocenters. The van der Waals surface area contributed by atoms with Gasteiger partial charge in [0.05, 0.1) is 12.3 Å². The van der Waals surface area contributed by atoms with Gasteiger partial charge in [-0.15, -0.1) is 5.54 Å². The minimum Gasteiger partial charge on any atom is -0.489 e. The normalized spacial score (nSPS) is 15.7. The molecule has 90 valence electrons. The summed E-state index contributed by atoms with van der Waals surface area (Å²) in [5.74, 6) is 4.06. The van der Waals surface area contributed by atoms with E-state index < -0.39 is 8.07 Å². The average Bonchev–Trinajstić information content (AvgIpc) is 2.20. The molecule has 2 rings (SSSR count). The van der Waals surface area contributed by atoms with E-state index in [2.05, 4.69) is 36.1 Å². The minimum atomic E-state index is -1.31.